The van der Waals surface area contributed by atoms with Crippen molar-refractivity contribution in [3.8, 4) is 0 Å². The van der Waals surface area contributed by atoms with Gasteiger partial charge in [0.25, 0.3) is 0 Å². The first-order valence-corrected chi connectivity index (χ1v) is 9.85. The Morgan fingerprint density at radius 1 is 0.955 bits per heavy atom. The minimum absolute atomic E-state index is 0. The van der Waals surface area contributed by atoms with E-state index in [1.807, 2.05) is 0 Å². The van der Waals surface area contributed by atoms with Gasteiger partial charge in [0.05, 0.1) is 22.0 Å². The Bertz CT molecular complexity index is 326. The molecule has 0 heterocycles. The van der Waals surface area contributed by atoms with Crippen molar-refractivity contribution in [3.63, 3.8) is 0 Å². The van der Waals surface area contributed by atoms with E-state index >= 15 is 0 Å². The fourth-order valence-electron chi connectivity index (χ4n) is 2.30. The molecule has 0 radical (unpaired) electrons. The van der Waals surface area contributed by atoms with E-state index < -0.39 is 22.0 Å². The molecule has 128 valence electrons. The van der Waals surface area contributed by atoms with Crippen molar-refractivity contribution >= 4 is 10.1 Å². The quantitative estimate of drug-likeness (QED) is 0.235. The van der Waals surface area contributed by atoms with Crippen LogP contribution in [0.2, 0.25) is 0 Å². The summed E-state index contributed by atoms with van der Waals surface area (Å²) in [5.41, 5.74) is 0. The zero-order valence-electron chi connectivity index (χ0n) is 14.3. The van der Waals surface area contributed by atoms with E-state index in [0.29, 0.717) is 0 Å². The molecule has 5 nitrogen and oxygen atoms in total. The third kappa shape index (κ3) is 20.8. The Morgan fingerprint density at radius 2 is 1.41 bits per heavy atom. The molecule has 0 aliphatic heterocycles. The van der Waals surface area contributed by atoms with Gasteiger partial charge in [0.15, 0.2) is 0 Å². The molecule has 0 rings (SSSR count). The molecule has 0 saturated carbocycles. The number of aliphatic hydroxyl groups excluding tert-OH is 1. The number of rotatable bonds is 15. The number of nitrogens with one attached hydrogen (secondary N) is 1. The topological polar surface area (TPSA) is 89.5 Å². The average Bonchev–Trinajstić information content (AvgIpc) is 2.38. The van der Waals surface area contributed by atoms with Crippen molar-refractivity contribution in [1.29, 1.82) is 0 Å². The first-order valence-electron chi connectivity index (χ1n) is 8.28. The van der Waals surface area contributed by atoms with Crippen LogP contribution < -0.4 is 34.9 Å². The molecule has 0 aromatic heterocycles. The molecule has 0 aliphatic rings. The molecule has 1 atom stereocenters. The van der Waals surface area contributed by atoms with Crippen LogP contribution in [0.5, 0.6) is 0 Å². The first-order chi connectivity index (χ1) is 9.95. The number of aliphatic hydroxyl groups is 1. The van der Waals surface area contributed by atoms with Crippen molar-refractivity contribution in [2.45, 2.75) is 77.2 Å². The third-order valence-corrected chi connectivity index (χ3v) is 4.28. The smallest absolute Gasteiger partial charge is 0.748 e. The number of hydrogen-bond donors (Lipinski definition) is 2. The Balaban J connectivity index is 0. The summed E-state index contributed by atoms with van der Waals surface area (Å²) in [5.74, 6) is -0.710. The Labute approximate surface area is 158 Å². The number of unbranched alkanes of at least 4 members (excludes halogenated alkanes) is 9. The molecule has 22 heavy (non-hydrogen) atoms. The van der Waals surface area contributed by atoms with Gasteiger partial charge in [0.2, 0.25) is 0 Å². The second-order valence-electron chi connectivity index (χ2n) is 5.76. The van der Waals surface area contributed by atoms with Gasteiger partial charge in [-0.15, -0.1) is 0 Å². The summed E-state index contributed by atoms with van der Waals surface area (Å²) in [6, 6.07) is 0. The molecule has 0 bridgehead atoms. The number of hydrogen-bond acceptors (Lipinski definition) is 5. The van der Waals surface area contributed by atoms with Crippen molar-refractivity contribution in [2.75, 3.05) is 18.8 Å². The molecule has 2 N–H and O–H groups in total. The Morgan fingerprint density at radius 3 is 1.86 bits per heavy atom. The molecule has 0 saturated heterocycles. The van der Waals surface area contributed by atoms with Crippen molar-refractivity contribution < 1.29 is 47.6 Å². The minimum atomic E-state index is -4.33. The predicted molar refractivity (Wildman–Crippen MR) is 85.3 cm³/mol. The summed E-state index contributed by atoms with van der Waals surface area (Å²) in [6.45, 7) is 3.15. The fourth-order valence-corrected chi connectivity index (χ4v) is 2.89. The molecule has 7 heteroatoms. The third-order valence-electron chi connectivity index (χ3n) is 3.48. The van der Waals surface area contributed by atoms with Gasteiger partial charge in [-0.3, -0.25) is 0 Å². The van der Waals surface area contributed by atoms with Gasteiger partial charge in [-0.25, -0.2) is 8.42 Å². The van der Waals surface area contributed by atoms with Crippen LogP contribution in [0.1, 0.15) is 71.1 Å². The fraction of sp³-hybridized carbons (Fsp3) is 1.00. The summed E-state index contributed by atoms with van der Waals surface area (Å²) in [6.07, 6.45) is 11.6. The van der Waals surface area contributed by atoms with Crippen molar-refractivity contribution in [1.82, 2.24) is 5.32 Å². The molecule has 0 spiro atoms. The summed E-state index contributed by atoms with van der Waals surface area (Å²) in [4.78, 5) is 0. The molecular weight excluding hydrogens is 313 g/mol. The van der Waals surface area contributed by atoms with Crippen molar-refractivity contribution in [3.05, 3.63) is 0 Å². The minimum Gasteiger partial charge on any atom is -0.748 e. The van der Waals surface area contributed by atoms with Gasteiger partial charge < -0.3 is 15.0 Å². The standard InChI is InChI=1S/C15H33NO4S.Na/c1-2-3-4-5-6-7-8-9-10-11-12-16-13-15(17)14-21(18,19)20;/h15-17H,2-14H2,1H3,(H,18,19,20);/q;+1/p-1. The second kappa shape index (κ2) is 16.7. The van der Waals surface area contributed by atoms with Crippen LogP contribution in [-0.2, 0) is 10.1 Å². The molecule has 0 aromatic carbocycles. The van der Waals surface area contributed by atoms with Crippen LogP contribution in [0.25, 0.3) is 0 Å². The molecule has 0 aliphatic carbocycles. The molecule has 0 amide bonds. The predicted octanol–water partition coefficient (Wildman–Crippen LogP) is -0.593. The van der Waals surface area contributed by atoms with Crippen LogP contribution in [0.15, 0.2) is 0 Å². The normalized spacial score (nSPS) is 12.9. The molecular formula is C15H32NNaO4S. The van der Waals surface area contributed by atoms with Crippen LogP contribution in [0.3, 0.4) is 0 Å². The summed E-state index contributed by atoms with van der Waals surface area (Å²) in [7, 11) is -4.33. The Hall–Kier alpha value is 0.830. The van der Waals surface area contributed by atoms with E-state index in [-0.39, 0.29) is 36.1 Å². The van der Waals surface area contributed by atoms with Gasteiger partial charge in [-0.05, 0) is 13.0 Å². The molecule has 0 aromatic rings. The van der Waals surface area contributed by atoms with E-state index in [9.17, 15) is 18.1 Å². The largest absolute Gasteiger partial charge is 1.00 e. The van der Waals surface area contributed by atoms with Gasteiger partial charge >= 0.3 is 29.6 Å². The zero-order chi connectivity index (χ0) is 16.0. The SMILES string of the molecule is CCCCCCCCCCCCNCC(O)CS(=O)(=O)[O-].[Na+]. The maximum atomic E-state index is 10.4. The summed E-state index contributed by atoms with van der Waals surface area (Å²) < 4.78 is 31.3. The van der Waals surface area contributed by atoms with Crippen LogP contribution in [0, 0.1) is 0 Å². The van der Waals surface area contributed by atoms with E-state index in [4.69, 9.17) is 0 Å². The summed E-state index contributed by atoms with van der Waals surface area (Å²) in [5, 5.41) is 12.3. The van der Waals surface area contributed by atoms with E-state index in [2.05, 4.69) is 12.2 Å². The zero-order valence-corrected chi connectivity index (χ0v) is 17.2. The van der Waals surface area contributed by atoms with Gasteiger partial charge in [0, 0.05) is 6.54 Å². The van der Waals surface area contributed by atoms with Gasteiger partial charge in [-0.2, -0.15) is 0 Å². The van der Waals surface area contributed by atoms with Crippen LogP contribution >= 0.6 is 0 Å². The maximum Gasteiger partial charge on any atom is 1.00 e. The molecule has 0 fully saturated rings. The van der Waals surface area contributed by atoms with E-state index in [0.717, 1.165) is 19.4 Å². The maximum absolute atomic E-state index is 10.4. The van der Waals surface area contributed by atoms with Gasteiger partial charge in [-0.1, -0.05) is 64.7 Å². The van der Waals surface area contributed by atoms with E-state index in [1.54, 1.807) is 0 Å². The molecule has 1 unspecified atom stereocenters. The second-order valence-corrected chi connectivity index (χ2v) is 7.21. The summed E-state index contributed by atoms with van der Waals surface area (Å²) >= 11 is 0. The first kappa shape index (κ1) is 25.1. The average molecular weight is 345 g/mol. The Kier molecular flexibility index (Phi) is 19.0. The van der Waals surface area contributed by atoms with Crippen molar-refractivity contribution in [2.24, 2.45) is 0 Å². The van der Waals surface area contributed by atoms with E-state index in [1.165, 1.54) is 51.4 Å². The van der Waals surface area contributed by atoms with Crippen LogP contribution in [0.4, 0.5) is 0 Å². The van der Waals surface area contributed by atoms with Crippen LogP contribution in [-0.4, -0.2) is 43.0 Å². The monoisotopic (exact) mass is 345 g/mol. The van der Waals surface area contributed by atoms with Gasteiger partial charge in [0.1, 0.15) is 0 Å².